The van der Waals surface area contributed by atoms with E-state index in [9.17, 15) is 4.79 Å². The van der Waals surface area contributed by atoms with Crippen LogP contribution >= 0.6 is 0 Å². The van der Waals surface area contributed by atoms with Crippen LogP contribution in [0, 0.1) is 0 Å². The Morgan fingerprint density at radius 2 is 1.92 bits per heavy atom. The zero-order chi connectivity index (χ0) is 8.39. The third kappa shape index (κ3) is 1.78. The molecule has 2 rings (SSSR count). The monoisotopic (exact) mass is 168 g/mol. The van der Waals surface area contributed by atoms with E-state index < -0.39 is 0 Å². The van der Waals surface area contributed by atoms with Crippen molar-refractivity contribution < 1.29 is 4.79 Å². The van der Waals surface area contributed by atoms with Crippen LogP contribution in [0.2, 0.25) is 0 Å². The lowest BCUT2D eigenvalue weighted by Crippen LogP contribution is -2.31. The van der Waals surface area contributed by atoms with E-state index in [2.05, 4.69) is 4.90 Å². The molecule has 3 nitrogen and oxygen atoms in total. The van der Waals surface area contributed by atoms with Crippen LogP contribution in [0.3, 0.4) is 0 Å². The lowest BCUT2D eigenvalue weighted by molar-refractivity contribution is -0.118. The van der Waals surface area contributed by atoms with Crippen molar-refractivity contribution in [3.8, 4) is 0 Å². The van der Waals surface area contributed by atoms with Crippen LogP contribution < -0.4 is 0 Å². The predicted octanol–water partition coefficient (Wildman–Crippen LogP) is 0.313. The minimum atomic E-state index is 0.858. The summed E-state index contributed by atoms with van der Waals surface area (Å²) in [6, 6.07) is 0.858. The van der Waals surface area contributed by atoms with Gasteiger partial charge in [-0.2, -0.15) is 0 Å². The van der Waals surface area contributed by atoms with Crippen LogP contribution in [0.4, 0.5) is 0 Å². The Morgan fingerprint density at radius 1 is 1.08 bits per heavy atom. The lowest BCUT2D eigenvalue weighted by atomic mass is 10.4. The molecule has 0 N–H and O–H groups in total. The van der Waals surface area contributed by atoms with Gasteiger partial charge in [-0.15, -0.1) is 0 Å². The second-order valence-electron chi connectivity index (χ2n) is 3.76. The van der Waals surface area contributed by atoms with E-state index in [1.54, 1.807) is 0 Å². The van der Waals surface area contributed by atoms with Crippen molar-refractivity contribution in [1.29, 1.82) is 0 Å². The molecule has 0 unspecified atom stereocenters. The van der Waals surface area contributed by atoms with Gasteiger partial charge in [-0.3, -0.25) is 9.69 Å². The van der Waals surface area contributed by atoms with Crippen LogP contribution in [0.25, 0.3) is 0 Å². The van der Waals surface area contributed by atoms with Crippen LogP contribution in [0.5, 0.6) is 0 Å². The molecule has 0 bridgehead atoms. The second kappa shape index (κ2) is 3.44. The third-order valence-corrected chi connectivity index (χ3v) is 2.78. The summed E-state index contributed by atoms with van der Waals surface area (Å²) in [7, 11) is 0. The number of rotatable bonds is 2. The van der Waals surface area contributed by atoms with Gasteiger partial charge in [0, 0.05) is 32.2 Å². The highest BCUT2D eigenvalue weighted by molar-refractivity contribution is 5.46. The van der Waals surface area contributed by atoms with Crippen molar-refractivity contribution in [3.05, 3.63) is 0 Å². The number of carbonyl (C=O) groups is 1. The van der Waals surface area contributed by atoms with E-state index in [4.69, 9.17) is 0 Å². The zero-order valence-electron chi connectivity index (χ0n) is 7.41. The van der Waals surface area contributed by atoms with E-state index in [1.165, 1.54) is 19.4 Å². The molecule has 68 valence electrons. The highest BCUT2D eigenvalue weighted by atomic mass is 16.1. The SMILES string of the molecule is O=CN1CCCN(C2CC2)CC1. The van der Waals surface area contributed by atoms with Crippen LogP contribution in [0.15, 0.2) is 0 Å². The molecule has 0 aromatic rings. The first kappa shape index (κ1) is 8.05. The van der Waals surface area contributed by atoms with Gasteiger partial charge in [0.25, 0.3) is 0 Å². The molecule has 0 aromatic heterocycles. The lowest BCUT2D eigenvalue weighted by Gasteiger charge is -2.18. The average molecular weight is 168 g/mol. The van der Waals surface area contributed by atoms with Crippen molar-refractivity contribution in [3.63, 3.8) is 0 Å². The molecule has 2 aliphatic rings. The molecule has 0 radical (unpaired) electrons. The van der Waals surface area contributed by atoms with Gasteiger partial charge in [-0.25, -0.2) is 0 Å². The standard InChI is InChI=1S/C9H16N2O/c12-8-10-4-1-5-11(7-6-10)9-2-3-9/h8-9H,1-7H2. The fraction of sp³-hybridized carbons (Fsp3) is 0.889. The molecule has 1 aliphatic carbocycles. The summed E-state index contributed by atoms with van der Waals surface area (Å²) < 4.78 is 0. The highest BCUT2D eigenvalue weighted by Crippen LogP contribution is 2.27. The van der Waals surface area contributed by atoms with E-state index in [-0.39, 0.29) is 0 Å². The van der Waals surface area contributed by atoms with Crippen LogP contribution in [-0.4, -0.2) is 48.4 Å². The smallest absolute Gasteiger partial charge is 0.209 e. The maximum atomic E-state index is 10.5. The Hall–Kier alpha value is -0.570. The molecule has 3 heteroatoms. The summed E-state index contributed by atoms with van der Waals surface area (Å²) in [6.45, 7) is 4.16. The molecule has 1 amide bonds. The highest BCUT2D eigenvalue weighted by Gasteiger charge is 2.29. The molecule has 12 heavy (non-hydrogen) atoms. The summed E-state index contributed by atoms with van der Waals surface area (Å²) in [4.78, 5) is 14.9. The van der Waals surface area contributed by atoms with Crippen molar-refractivity contribution in [1.82, 2.24) is 9.80 Å². The van der Waals surface area contributed by atoms with Gasteiger partial charge in [0.15, 0.2) is 0 Å². The summed E-state index contributed by atoms with van der Waals surface area (Å²) in [5.74, 6) is 0. The van der Waals surface area contributed by atoms with Crippen molar-refractivity contribution in [2.75, 3.05) is 26.2 Å². The molecule has 1 saturated heterocycles. The summed E-state index contributed by atoms with van der Waals surface area (Å²) in [5.41, 5.74) is 0. The minimum Gasteiger partial charge on any atom is -0.344 e. The van der Waals surface area contributed by atoms with Gasteiger partial charge in [0.1, 0.15) is 0 Å². The first-order valence-corrected chi connectivity index (χ1v) is 4.83. The van der Waals surface area contributed by atoms with Crippen LogP contribution in [-0.2, 0) is 4.79 Å². The van der Waals surface area contributed by atoms with Gasteiger partial charge in [0.05, 0.1) is 0 Å². The maximum Gasteiger partial charge on any atom is 0.209 e. The quantitative estimate of drug-likeness (QED) is 0.554. The summed E-state index contributed by atoms with van der Waals surface area (Å²) in [5, 5.41) is 0. The second-order valence-corrected chi connectivity index (χ2v) is 3.76. The van der Waals surface area contributed by atoms with Gasteiger partial charge in [-0.05, 0) is 19.3 Å². The number of nitrogens with zero attached hydrogens (tertiary/aromatic N) is 2. The Bertz CT molecular complexity index is 168. The summed E-state index contributed by atoms with van der Waals surface area (Å²) >= 11 is 0. The van der Waals surface area contributed by atoms with Gasteiger partial charge in [-0.1, -0.05) is 0 Å². The van der Waals surface area contributed by atoms with E-state index >= 15 is 0 Å². The Morgan fingerprint density at radius 3 is 2.58 bits per heavy atom. The Balaban J connectivity index is 1.83. The number of hydrogen-bond donors (Lipinski definition) is 0. The van der Waals surface area contributed by atoms with Crippen molar-refractivity contribution >= 4 is 6.41 Å². The molecule has 2 fully saturated rings. The van der Waals surface area contributed by atoms with E-state index in [0.29, 0.717) is 0 Å². The largest absolute Gasteiger partial charge is 0.344 e. The number of hydrogen-bond acceptors (Lipinski definition) is 2. The molecule has 0 atom stereocenters. The third-order valence-electron chi connectivity index (χ3n) is 2.78. The molecule has 1 heterocycles. The molecule has 0 aromatic carbocycles. The summed E-state index contributed by atoms with van der Waals surface area (Å²) in [6.07, 6.45) is 4.88. The van der Waals surface area contributed by atoms with Crippen LogP contribution in [0.1, 0.15) is 19.3 Å². The van der Waals surface area contributed by atoms with Crippen molar-refractivity contribution in [2.45, 2.75) is 25.3 Å². The fourth-order valence-electron chi connectivity index (χ4n) is 1.87. The number of carbonyl (C=O) groups excluding carboxylic acids is 1. The normalized spacial score (nSPS) is 26.8. The molecular formula is C9H16N2O. The zero-order valence-corrected chi connectivity index (χ0v) is 7.41. The van der Waals surface area contributed by atoms with E-state index in [1.807, 2.05) is 4.90 Å². The first-order chi connectivity index (χ1) is 5.90. The Labute approximate surface area is 73.3 Å². The molecule has 0 spiro atoms. The minimum absolute atomic E-state index is 0.858. The van der Waals surface area contributed by atoms with Gasteiger partial charge >= 0.3 is 0 Å². The number of amides is 1. The topological polar surface area (TPSA) is 23.6 Å². The molecular weight excluding hydrogens is 152 g/mol. The molecule has 1 saturated carbocycles. The van der Waals surface area contributed by atoms with Crippen molar-refractivity contribution in [2.24, 2.45) is 0 Å². The maximum absolute atomic E-state index is 10.5. The molecule has 1 aliphatic heterocycles. The predicted molar refractivity (Wildman–Crippen MR) is 46.8 cm³/mol. The first-order valence-electron chi connectivity index (χ1n) is 4.83. The van der Waals surface area contributed by atoms with E-state index in [0.717, 1.165) is 38.5 Å². The average Bonchev–Trinajstić information content (AvgIpc) is 2.91. The van der Waals surface area contributed by atoms with Gasteiger partial charge < -0.3 is 4.90 Å². The van der Waals surface area contributed by atoms with Gasteiger partial charge in [0.2, 0.25) is 6.41 Å². The Kier molecular flexibility index (Phi) is 2.30. The fourth-order valence-corrected chi connectivity index (χ4v) is 1.87.